The number of hydrogen-bond acceptors (Lipinski definition) is 8. The van der Waals surface area contributed by atoms with Crippen LogP contribution in [0.5, 0.6) is 23.0 Å². The molecule has 0 aromatic heterocycles. The molecule has 28 heavy (non-hydrogen) atoms. The first-order chi connectivity index (χ1) is 13.3. The van der Waals surface area contributed by atoms with Crippen molar-refractivity contribution in [1.82, 2.24) is 0 Å². The third kappa shape index (κ3) is 3.46. The van der Waals surface area contributed by atoms with Crippen LogP contribution in [-0.2, 0) is 14.3 Å². The van der Waals surface area contributed by atoms with E-state index in [0.29, 0.717) is 34.1 Å². The highest BCUT2D eigenvalue weighted by molar-refractivity contribution is 5.75. The molecule has 1 N–H and O–H groups in total. The fraction of sp³-hybridized carbons (Fsp3) is 0.650. The van der Waals surface area contributed by atoms with Crippen molar-refractivity contribution in [2.24, 2.45) is 11.8 Å². The van der Waals surface area contributed by atoms with Crippen LogP contribution >= 0.6 is 0 Å². The molecule has 8 nitrogen and oxygen atoms in total. The summed E-state index contributed by atoms with van der Waals surface area (Å²) in [5.74, 6) is 0.385. The number of carbonyl (C=O) groups is 1. The predicted molar refractivity (Wildman–Crippen MR) is 101 cm³/mol. The summed E-state index contributed by atoms with van der Waals surface area (Å²) in [5.41, 5.74) is 1.21. The van der Waals surface area contributed by atoms with Gasteiger partial charge in [0, 0.05) is 17.4 Å². The van der Waals surface area contributed by atoms with Crippen molar-refractivity contribution in [2.75, 3.05) is 35.5 Å². The highest BCUT2D eigenvalue weighted by Crippen LogP contribution is 2.54. The van der Waals surface area contributed by atoms with Gasteiger partial charge in [-0.3, -0.25) is 0 Å². The molecular weight excluding hydrogens is 368 g/mol. The first-order valence-corrected chi connectivity index (χ1v) is 9.06. The second-order valence-electron chi connectivity index (χ2n) is 6.88. The normalized spacial score (nSPS) is 27.1. The summed E-state index contributed by atoms with van der Waals surface area (Å²) >= 11 is 0. The number of aliphatic hydroxyl groups is 1. The molecule has 0 saturated carbocycles. The number of rotatable bonds is 6. The van der Waals surface area contributed by atoms with Crippen LogP contribution in [0.1, 0.15) is 31.1 Å². The average molecular weight is 398 g/mol. The minimum atomic E-state index is -0.936. The van der Waals surface area contributed by atoms with Gasteiger partial charge in [0.2, 0.25) is 0 Å². The van der Waals surface area contributed by atoms with Crippen molar-refractivity contribution in [3.63, 3.8) is 0 Å². The molecule has 1 aliphatic rings. The van der Waals surface area contributed by atoms with Gasteiger partial charge in [0.1, 0.15) is 0 Å². The van der Waals surface area contributed by atoms with E-state index >= 15 is 0 Å². The zero-order valence-electron chi connectivity index (χ0n) is 17.7. The Kier molecular flexibility index (Phi) is 7.01. The van der Waals surface area contributed by atoms with Gasteiger partial charge in [-0.1, -0.05) is 13.8 Å². The number of carbonyl (C=O) groups excluding carboxylic acids is 1. The number of methoxy groups -OCH3 is 5. The lowest BCUT2D eigenvalue weighted by molar-refractivity contribution is -0.195. The summed E-state index contributed by atoms with van der Waals surface area (Å²) < 4.78 is 33.4. The van der Waals surface area contributed by atoms with Crippen LogP contribution < -0.4 is 18.9 Å². The third-order valence-electron chi connectivity index (χ3n) is 5.44. The molecule has 1 saturated heterocycles. The van der Waals surface area contributed by atoms with E-state index in [1.54, 1.807) is 6.92 Å². The number of ether oxygens (including phenoxy) is 6. The minimum Gasteiger partial charge on any atom is -0.492 e. The molecule has 158 valence electrons. The van der Waals surface area contributed by atoms with E-state index in [4.69, 9.17) is 28.4 Å². The van der Waals surface area contributed by atoms with Gasteiger partial charge in [0.15, 0.2) is 29.1 Å². The molecule has 0 bridgehead atoms. The second kappa shape index (κ2) is 8.87. The molecule has 1 aromatic rings. The van der Waals surface area contributed by atoms with Gasteiger partial charge in [-0.2, -0.15) is 0 Å². The molecule has 1 heterocycles. The molecule has 0 unspecified atom stereocenters. The summed E-state index contributed by atoms with van der Waals surface area (Å²) in [6.07, 6.45) is -2.46. The molecule has 5 atom stereocenters. The monoisotopic (exact) mass is 398 g/mol. The van der Waals surface area contributed by atoms with Crippen molar-refractivity contribution in [1.29, 1.82) is 0 Å². The minimum absolute atomic E-state index is 0.365. The molecule has 0 aliphatic carbocycles. The Morgan fingerprint density at radius 3 is 1.71 bits per heavy atom. The van der Waals surface area contributed by atoms with E-state index in [1.165, 1.54) is 35.5 Å². The quantitative estimate of drug-likeness (QED) is 0.730. The number of hydrogen-bond donors (Lipinski definition) is 1. The molecule has 0 amide bonds. The van der Waals surface area contributed by atoms with Crippen LogP contribution in [0, 0.1) is 18.8 Å². The van der Waals surface area contributed by atoms with Crippen molar-refractivity contribution in [3.8, 4) is 23.0 Å². The molecule has 2 rings (SSSR count). The SMILES string of the molecule is COC(=O)[C@@H]1O[C@@H](c2c(OC)c(OC)c(C)c(OC)c2OC)[C@H](C)[C@@H](O)[C@@H]1C. The summed E-state index contributed by atoms with van der Waals surface area (Å²) in [5, 5.41) is 10.8. The van der Waals surface area contributed by atoms with Gasteiger partial charge in [0.05, 0.1) is 53.3 Å². The van der Waals surface area contributed by atoms with Crippen molar-refractivity contribution in [2.45, 2.75) is 39.1 Å². The number of benzene rings is 1. The van der Waals surface area contributed by atoms with Gasteiger partial charge in [0.25, 0.3) is 0 Å². The number of aliphatic hydroxyl groups excluding tert-OH is 1. The summed E-state index contributed by atoms with van der Waals surface area (Å²) in [7, 11) is 7.37. The third-order valence-corrected chi connectivity index (χ3v) is 5.44. The number of esters is 1. The van der Waals surface area contributed by atoms with Gasteiger partial charge in [-0.15, -0.1) is 0 Å². The van der Waals surface area contributed by atoms with Crippen LogP contribution in [0.2, 0.25) is 0 Å². The largest absolute Gasteiger partial charge is 0.492 e. The Bertz CT molecular complexity index is 684. The van der Waals surface area contributed by atoms with Gasteiger partial charge < -0.3 is 33.5 Å². The van der Waals surface area contributed by atoms with Gasteiger partial charge in [-0.05, 0) is 6.92 Å². The lowest BCUT2D eigenvalue weighted by Gasteiger charge is -2.42. The van der Waals surface area contributed by atoms with Crippen LogP contribution in [0.25, 0.3) is 0 Å². The Hall–Kier alpha value is -2.19. The van der Waals surface area contributed by atoms with Crippen molar-refractivity contribution < 1.29 is 38.3 Å². The summed E-state index contributed by atoms with van der Waals surface area (Å²) in [4.78, 5) is 12.2. The van der Waals surface area contributed by atoms with E-state index in [2.05, 4.69) is 0 Å². The summed E-state index contributed by atoms with van der Waals surface area (Å²) in [6.45, 7) is 5.42. The average Bonchev–Trinajstić information content (AvgIpc) is 2.70. The second-order valence-corrected chi connectivity index (χ2v) is 6.88. The molecule has 1 aliphatic heterocycles. The molecule has 8 heteroatoms. The maximum Gasteiger partial charge on any atom is 0.335 e. The Morgan fingerprint density at radius 1 is 0.857 bits per heavy atom. The van der Waals surface area contributed by atoms with Crippen molar-refractivity contribution in [3.05, 3.63) is 11.1 Å². The van der Waals surface area contributed by atoms with Gasteiger partial charge >= 0.3 is 5.97 Å². The van der Waals surface area contributed by atoms with E-state index < -0.39 is 30.2 Å². The zero-order valence-corrected chi connectivity index (χ0v) is 17.7. The Labute approximate surface area is 165 Å². The van der Waals surface area contributed by atoms with E-state index in [0.717, 1.165) is 0 Å². The molecule has 0 radical (unpaired) electrons. The molecular formula is C20H30O8. The van der Waals surface area contributed by atoms with Gasteiger partial charge in [-0.25, -0.2) is 4.79 Å². The smallest absolute Gasteiger partial charge is 0.335 e. The van der Waals surface area contributed by atoms with E-state index in [9.17, 15) is 9.90 Å². The van der Waals surface area contributed by atoms with E-state index in [-0.39, 0.29) is 5.92 Å². The maximum absolute atomic E-state index is 12.2. The highest BCUT2D eigenvalue weighted by atomic mass is 16.6. The van der Waals surface area contributed by atoms with E-state index in [1.807, 2.05) is 13.8 Å². The topological polar surface area (TPSA) is 92.7 Å². The van der Waals surface area contributed by atoms with Crippen LogP contribution in [-0.4, -0.2) is 58.8 Å². The Morgan fingerprint density at radius 2 is 1.32 bits per heavy atom. The van der Waals surface area contributed by atoms with Crippen LogP contribution in [0.4, 0.5) is 0 Å². The predicted octanol–water partition coefficient (Wildman–Crippen LogP) is 2.28. The lowest BCUT2D eigenvalue weighted by Crippen LogP contribution is -2.49. The standard InChI is InChI=1S/C20H30O8/c1-9-13(21)10(2)17(20(22)27-8)28-14(9)12-18(25-6)15(23-4)11(3)16(24-5)19(12)26-7/h9-10,13-14,17,21H,1-8H3/t9-,10+,13-,14-,17-/m1/s1. The first-order valence-electron chi connectivity index (χ1n) is 9.06. The molecule has 0 spiro atoms. The lowest BCUT2D eigenvalue weighted by atomic mass is 9.79. The first kappa shape index (κ1) is 22.1. The fourth-order valence-corrected chi connectivity index (χ4v) is 3.91. The molecule has 1 aromatic carbocycles. The fourth-order valence-electron chi connectivity index (χ4n) is 3.91. The Balaban J connectivity index is 2.75. The zero-order chi connectivity index (χ0) is 21.2. The van der Waals surface area contributed by atoms with Crippen LogP contribution in [0.15, 0.2) is 0 Å². The van der Waals surface area contributed by atoms with Crippen LogP contribution in [0.3, 0.4) is 0 Å². The molecule has 1 fully saturated rings. The maximum atomic E-state index is 12.2. The highest BCUT2D eigenvalue weighted by Gasteiger charge is 2.47. The van der Waals surface area contributed by atoms with Crippen molar-refractivity contribution >= 4 is 5.97 Å². The summed E-state index contributed by atoms with van der Waals surface area (Å²) in [6, 6.07) is 0.